The normalized spacial score (nSPS) is 13.1. The van der Waals surface area contributed by atoms with Crippen LogP contribution in [0.1, 0.15) is 37.6 Å². The fourth-order valence-electron chi connectivity index (χ4n) is 1.78. The second-order valence-electron chi connectivity index (χ2n) is 4.93. The third-order valence-corrected chi connectivity index (χ3v) is 3.31. The molecule has 3 N–H and O–H groups in total. The van der Waals surface area contributed by atoms with Crippen LogP contribution in [0.3, 0.4) is 0 Å². The Morgan fingerprint density at radius 3 is 2.19 bits per heavy atom. The molecule has 0 aromatic heterocycles. The van der Waals surface area contributed by atoms with Gasteiger partial charge < -0.3 is 15.7 Å². The number of carbonyl (C=O) groups is 3. The van der Waals surface area contributed by atoms with E-state index in [4.69, 9.17) is 5.11 Å². The van der Waals surface area contributed by atoms with Crippen molar-refractivity contribution in [2.45, 2.75) is 33.2 Å². The smallest absolute Gasteiger partial charge is 0.326 e. The number of carboxylic acids is 1. The highest BCUT2D eigenvalue weighted by Gasteiger charge is 2.25. The fraction of sp³-hybridized carbons (Fsp3) is 0.400. The van der Waals surface area contributed by atoms with E-state index in [0.29, 0.717) is 17.7 Å². The van der Waals surface area contributed by atoms with Gasteiger partial charge in [-0.25, -0.2) is 9.59 Å². The Bertz CT molecular complexity index is 525. The third kappa shape index (κ3) is 4.91. The van der Waals surface area contributed by atoms with Gasteiger partial charge in [-0.3, -0.25) is 4.79 Å². The highest BCUT2D eigenvalue weighted by Crippen LogP contribution is 2.11. The molecule has 0 aliphatic rings. The Morgan fingerprint density at radius 2 is 1.76 bits per heavy atom. The van der Waals surface area contributed by atoms with Crippen molar-refractivity contribution in [1.82, 2.24) is 5.32 Å². The molecule has 1 rings (SSSR count). The number of carbonyl (C=O) groups excluding carboxylic acids is 2. The quantitative estimate of drug-likeness (QED) is 0.702. The molecule has 0 bridgehead atoms. The lowest BCUT2D eigenvalue weighted by Crippen LogP contribution is -2.46. The summed E-state index contributed by atoms with van der Waals surface area (Å²) in [4.78, 5) is 34.1. The van der Waals surface area contributed by atoms with Crippen LogP contribution in [0.4, 0.5) is 10.5 Å². The molecule has 0 radical (unpaired) electrons. The molecular formula is C15H20N2O4. The van der Waals surface area contributed by atoms with Gasteiger partial charge in [-0.2, -0.15) is 0 Å². The van der Waals surface area contributed by atoms with E-state index in [1.165, 1.54) is 6.92 Å². The first-order chi connectivity index (χ1) is 9.85. The third-order valence-electron chi connectivity index (χ3n) is 3.31. The molecule has 0 unspecified atom stereocenters. The van der Waals surface area contributed by atoms with Crippen molar-refractivity contribution in [3.8, 4) is 0 Å². The Hall–Kier alpha value is -2.37. The molecule has 6 heteroatoms. The van der Waals surface area contributed by atoms with Gasteiger partial charge in [0.05, 0.1) is 0 Å². The van der Waals surface area contributed by atoms with Crippen LogP contribution in [0.2, 0.25) is 0 Å². The van der Waals surface area contributed by atoms with Crippen molar-refractivity contribution < 1.29 is 19.5 Å². The lowest BCUT2D eigenvalue weighted by atomic mass is 9.99. The predicted molar refractivity (Wildman–Crippen MR) is 79.5 cm³/mol. The molecule has 0 saturated heterocycles. The standard InChI is InChI=1S/C15H20N2O4/c1-4-9(2)13(14(19)20)17-15(21)16-12-7-5-11(6-8-12)10(3)18/h5-9,13H,4H2,1-3H3,(H,19,20)(H2,16,17,21)/t9-,13+/m0/s1. The van der Waals surface area contributed by atoms with E-state index >= 15 is 0 Å². The van der Waals surface area contributed by atoms with Gasteiger partial charge in [-0.1, -0.05) is 20.3 Å². The van der Waals surface area contributed by atoms with Crippen molar-refractivity contribution in [1.29, 1.82) is 0 Å². The predicted octanol–water partition coefficient (Wildman–Crippen LogP) is 2.51. The van der Waals surface area contributed by atoms with E-state index in [-0.39, 0.29) is 11.7 Å². The van der Waals surface area contributed by atoms with E-state index in [9.17, 15) is 14.4 Å². The number of rotatable bonds is 6. The summed E-state index contributed by atoms with van der Waals surface area (Å²) >= 11 is 0. The van der Waals surface area contributed by atoms with Crippen LogP contribution in [0, 0.1) is 5.92 Å². The van der Waals surface area contributed by atoms with Crippen molar-refractivity contribution in [3.05, 3.63) is 29.8 Å². The van der Waals surface area contributed by atoms with E-state index in [2.05, 4.69) is 10.6 Å². The van der Waals surface area contributed by atoms with E-state index < -0.39 is 18.0 Å². The zero-order chi connectivity index (χ0) is 16.0. The number of aliphatic carboxylic acids is 1. The number of hydrogen-bond donors (Lipinski definition) is 3. The molecule has 114 valence electrons. The van der Waals surface area contributed by atoms with Crippen LogP contribution in [-0.4, -0.2) is 28.9 Å². The van der Waals surface area contributed by atoms with Crippen LogP contribution in [0.15, 0.2) is 24.3 Å². The molecule has 0 aliphatic carbocycles. The van der Waals surface area contributed by atoms with Crippen LogP contribution in [-0.2, 0) is 4.79 Å². The minimum atomic E-state index is -1.06. The van der Waals surface area contributed by atoms with Gasteiger partial charge in [0.25, 0.3) is 0 Å². The van der Waals surface area contributed by atoms with Gasteiger partial charge in [0, 0.05) is 11.3 Å². The zero-order valence-electron chi connectivity index (χ0n) is 12.3. The highest BCUT2D eigenvalue weighted by molar-refractivity contribution is 5.96. The second-order valence-corrected chi connectivity index (χ2v) is 4.93. The summed E-state index contributed by atoms with van der Waals surface area (Å²) in [6, 6.07) is 4.86. The maximum atomic E-state index is 11.8. The molecule has 0 fully saturated rings. The summed E-state index contributed by atoms with van der Waals surface area (Å²) in [5.74, 6) is -1.30. The Labute approximate surface area is 123 Å². The fourth-order valence-corrected chi connectivity index (χ4v) is 1.78. The van der Waals surface area contributed by atoms with Crippen molar-refractivity contribution in [2.24, 2.45) is 5.92 Å². The minimum absolute atomic E-state index is 0.0614. The monoisotopic (exact) mass is 292 g/mol. The topological polar surface area (TPSA) is 95.5 Å². The van der Waals surface area contributed by atoms with E-state index in [0.717, 1.165) is 0 Å². The second kappa shape index (κ2) is 7.42. The number of Topliss-reactive ketones (excluding diaryl/α,β-unsaturated/α-hetero) is 1. The molecule has 0 heterocycles. The minimum Gasteiger partial charge on any atom is -0.480 e. The van der Waals surface area contributed by atoms with Gasteiger partial charge in [0.1, 0.15) is 6.04 Å². The van der Waals surface area contributed by atoms with Crippen molar-refractivity contribution in [3.63, 3.8) is 0 Å². The Balaban J connectivity index is 2.67. The highest BCUT2D eigenvalue weighted by atomic mass is 16.4. The van der Waals surface area contributed by atoms with Gasteiger partial charge in [-0.15, -0.1) is 0 Å². The van der Waals surface area contributed by atoms with Crippen molar-refractivity contribution in [2.75, 3.05) is 5.32 Å². The Morgan fingerprint density at radius 1 is 1.19 bits per heavy atom. The lowest BCUT2D eigenvalue weighted by Gasteiger charge is -2.20. The summed E-state index contributed by atoms with van der Waals surface area (Å²) in [5.41, 5.74) is 1.04. The first-order valence-corrected chi connectivity index (χ1v) is 6.76. The number of urea groups is 1. The summed E-state index contributed by atoms with van der Waals surface area (Å²) in [6.07, 6.45) is 0.643. The summed E-state index contributed by atoms with van der Waals surface area (Å²) < 4.78 is 0. The molecule has 2 atom stereocenters. The molecule has 21 heavy (non-hydrogen) atoms. The number of benzene rings is 1. The molecule has 1 aromatic carbocycles. The van der Waals surface area contributed by atoms with Gasteiger partial charge in [0.2, 0.25) is 0 Å². The molecule has 0 spiro atoms. The Kier molecular flexibility index (Phi) is 5.90. The number of carboxylic acid groups (broad SMARTS) is 1. The average Bonchev–Trinajstić information content (AvgIpc) is 2.44. The van der Waals surface area contributed by atoms with E-state index in [1.807, 2.05) is 6.92 Å². The maximum absolute atomic E-state index is 11.8. The molecule has 0 saturated carbocycles. The van der Waals surface area contributed by atoms with Gasteiger partial charge in [0.15, 0.2) is 5.78 Å². The number of nitrogens with one attached hydrogen (secondary N) is 2. The van der Waals surface area contributed by atoms with Crippen LogP contribution in [0.5, 0.6) is 0 Å². The zero-order valence-corrected chi connectivity index (χ0v) is 12.3. The van der Waals surface area contributed by atoms with E-state index in [1.54, 1.807) is 31.2 Å². The first kappa shape index (κ1) is 16.7. The number of anilines is 1. The number of hydrogen-bond acceptors (Lipinski definition) is 3. The van der Waals surface area contributed by atoms with Gasteiger partial charge in [-0.05, 0) is 37.1 Å². The van der Waals surface area contributed by atoms with Gasteiger partial charge >= 0.3 is 12.0 Å². The summed E-state index contributed by atoms with van der Waals surface area (Å²) in [5, 5.41) is 14.1. The molecule has 2 amide bonds. The first-order valence-electron chi connectivity index (χ1n) is 6.76. The van der Waals surface area contributed by atoms with Crippen LogP contribution in [0.25, 0.3) is 0 Å². The molecule has 1 aromatic rings. The summed E-state index contributed by atoms with van der Waals surface area (Å²) in [7, 11) is 0. The van der Waals surface area contributed by atoms with Crippen LogP contribution < -0.4 is 10.6 Å². The molecule has 6 nitrogen and oxygen atoms in total. The summed E-state index contributed by atoms with van der Waals surface area (Å²) in [6.45, 7) is 5.08. The van der Waals surface area contributed by atoms with Crippen molar-refractivity contribution >= 4 is 23.5 Å². The number of ketones is 1. The average molecular weight is 292 g/mol. The number of amides is 2. The molecule has 0 aliphatic heterocycles. The maximum Gasteiger partial charge on any atom is 0.326 e. The molecular weight excluding hydrogens is 272 g/mol. The van der Waals surface area contributed by atoms with Crippen LogP contribution >= 0.6 is 0 Å². The largest absolute Gasteiger partial charge is 0.480 e. The lowest BCUT2D eigenvalue weighted by molar-refractivity contribution is -0.140. The SMILES string of the molecule is CC[C@H](C)[C@@H](NC(=O)Nc1ccc(C(C)=O)cc1)C(=O)O.